The van der Waals surface area contributed by atoms with E-state index in [0.717, 1.165) is 28.8 Å². The summed E-state index contributed by atoms with van der Waals surface area (Å²) >= 11 is 0. The van der Waals surface area contributed by atoms with Gasteiger partial charge >= 0.3 is 0 Å². The number of aromatic nitrogens is 2. The van der Waals surface area contributed by atoms with E-state index in [-0.39, 0.29) is 6.79 Å². The minimum Gasteiger partial charge on any atom is -0.454 e. The topological polar surface area (TPSA) is 68.3 Å². The van der Waals surface area contributed by atoms with Gasteiger partial charge in [0.15, 0.2) is 11.5 Å². The van der Waals surface area contributed by atoms with Crippen LogP contribution < -0.4 is 20.1 Å². The number of nitrogens with zero attached hydrogens (tertiary/aromatic N) is 2. The molecule has 2 aromatic rings. The smallest absolute Gasteiger partial charge is 0.231 e. The van der Waals surface area contributed by atoms with E-state index in [9.17, 15) is 0 Å². The third kappa shape index (κ3) is 2.58. The largest absolute Gasteiger partial charge is 0.454 e. The van der Waals surface area contributed by atoms with Crippen LogP contribution in [-0.2, 0) is 6.54 Å². The number of ether oxygens (including phenoxy) is 2. The summed E-state index contributed by atoms with van der Waals surface area (Å²) in [7, 11) is 1.86. The summed E-state index contributed by atoms with van der Waals surface area (Å²) in [5.41, 5.74) is 0.901. The predicted octanol–water partition coefficient (Wildman–Crippen LogP) is 1.67. The summed E-state index contributed by atoms with van der Waals surface area (Å²) in [5, 5.41) is 6.24. The zero-order valence-corrected chi connectivity index (χ0v) is 10.5. The highest BCUT2D eigenvalue weighted by atomic mass is 16.7. The van der Waals surface area contributed by atoms with Crippen LogP contribution >= 0.6 is 0 Å². The van der Waals surface area contributed by atoms with Gasteiger partial charge in [0.25, 0.3) is 0 Å². The Labute approximate surface area is 110 Å². The number of anilines is 2. The second-order valence-corrected chi connectivity index (χ2v) is 4.08. The number of nitrogens with one attached hydrogen (secondary N) is 2. The number of hydrogen-bond acceptors (Lipinski definition) is 6. The molecule has 0 amide bonds. The highest BCUT2D eigenvalue weighted by Crippen LogP contribution is 2.34. The fourth-order valence-electron chi connectivity index (χ4n) is 1.83. The maximum absolute atomic E-state index is 5.33. The van der Waals surface area contributed by atoms with E-state index in [0.29, 0.717) is 6.54 Å². The standard InChI is InChI=1S/C13H14N4O2/c1-14-7-13-15-5-4-12(17-13)16-9-2-3-10-11(6-9)19-8-18-10/h2-6,14H,7-8H2,1H3,(H,15,16,17). The maximum atomic E-state index is 5.33. The van der Waals surface area contributed by atoms with Crippen LogP contribution in [0.4, 0.5) is 11.5 Å². The van der Waals surface area contributed by atoms with Gasteiger partial charge in [0.05, 0.1) is 6.54 Å². The molecule has 98 valence electrons. The monoisotopic (exact) mass is 258 g/mol. The lowest BCUT2D eigenvalue weighted by atomic mass is 10.3. The van der Waals surface area contributed by atoms with Gasteiger partial charge in [-0.2, -0.15) is 0 Å². The van der Waals surface area contributed by atoms with Crippen molar-refractivity contribution in [2.24, 2.45) is 0 Å². The lowest BCUT2D eigenvalue weighted by Gasteiger charge is -2.07. The molecule has 1 aromatic heterocycles. The van der Waals surface area contributed by atoms with Crippen molar-refractivity contribution in [2.45, 2.75) is 6.54 Å². The van der Waals surface area contributed by atoms with Crippen LogP contribution in [0.15, 0.2) is 30.5 Å². The van der Waals surface area contributed by atoms with E-state index in [4.69, 9.17) is 9.47 Å². The molecule has 6 heteroatoms. The Morgan fingerprint density at radius 3 is 3.00 bits per heavy atom. The molecule has 1 aromatic carbocycles. The summed E-state index contributed by atoms with van der Waals surface area (Å²) in [5.74, 6) is 3.01. The van der Waals surface area contributed by atoms with Gasteiger partial charge in [0, 0.05) is 18.0 Å². The lowest BCUT2D eigenvalue weighted by Crippen LogP contribution is -2.09. The average Bonchev–Trinajstić information content (AvgIpc) is 2.87. The van der Waals surface area contributed by atoms with Gasteiger partial charge in [0.1, 0.15) is 11.6 Å². The summed E-state index contributed by atoms with van der Waals surface area (Å²) in [6.07, 6.45) is 1.73. The Kier molecular flexibility index (Phi) is 3.16. The van der Waals surface area contributed by atoms with Crippen molar-refractivity contribution in [3.05, 3.63) is 36.3 Å². The lowest BCUT2D eigenvalue weighted by molar-refractivity contribution is 0.174. The molecule has 19 heavy (non-hydrogen) atoms. The van der Waals surface area contributed by atoms with Gasteiger partial charge in [-0.1, -0.05) is 0 Å². The van der Waals surface area contributed by atoms with Gasteiger partial charge < -0.3 is 20.1 Å². The first-order valence-corrected chi connectivity index (χ1v) is 5.98. The first-order chi connectivity index (χ1) is 9.35. The van der Waals surface area contributed by atoms with Crippen LogP contribution in [0.3, 0.4) is 0 Å². The summed E-state index contributed by atoms with van der Waals surface area (Å²) < 4.78 is 10.6. The highest BCUT2D eigenvalue weighted by molar-refractivity contribution is 5.61. The van der Waals surface area contributed by atoms with Crippen LogP contribution in [0.5, 0.6) is 11.5 Å². The molecule has 2 N–H and O–H groups in total. The first kappa shape index (κ1) is 11.7. The Morgan fingerprint density at radius 1 is 1.21 bits per heavy atom. The van der Waals surface area contributed by atoms with E-state index >= 15 is 0 Å². The molecule has 2 heterocycles. The summed E-state index contributed by atoms with van der Waals surface area (Å²) in [4.78, 5) is 8.56. The van der Waals surface area contributed by atoms with E-state index < -0.39 is 0 Å². The normalized spacial score (nSPS) is 12.5. The van der Waals surface area contributed by atoms with Crippen LogP contribution in [0.2, 0.25) is 0 Å². The molecular formula is C13H14N4O2. The molecule has 0 unspecified atom stereocenters. The van der Waals surface area contributed by atoms with Gasteiger partial charge in [-0.15, -0.1) is 0 Å². The quantitative estimate of drug-likeness (QED) is 0.869. The Bertz CT molecular complexity index is 589. The van der Waals surface area contributed by atoms with Gasteiger partial charge in [-0.05, 0) is 25.2 Å². The predicted molar refractivity (Wildman–Crippen MR) is 70.6 cm³/mol. The van der Waals surface area contributed by atoms with Gasteiger partial charge in [-0.3, -0.25) is 0 Å². The zero-order chi connectivity index (χ0) is 13.1. The van der Waals surface area contributed by atoms with E-state index in [2.05, 4.69) is 20.6 Å². The van der Waals surface area contributed by atoms with Crippen molar-refractivity contribution in [3.63, 3.8) is 0 Å². The van der Waals surface area contributed by atoms with Crippen molar-refractivity contribution in [1.82, 2.24) is 15.3 Å². The van der Waals surface area contributed by atoms with E-state index in [1.165, 1.54) is 0 Å². The number of fused-ring (bicyclic) bond motifs is 1. The molecule has 0 fully saturated rings. The molecule has 1 aliphatic rings. The van der Waals surface area contributed by atoms with Crippen LogP contribution in [0.25, 0.3) is 0 Å². The molecule has 0 spiro atoms. The SMILES string of the molecule is CNCc1nccc(Nc2ccc3c(c2)OCO3)n1. The fraction of sp³-hybridized carbons (Fsp3) is 0.231. The molecule has 0 radical (unpaired) electrons. The fourth-order valence-corrected chi connectivity index (χ4v) is 1.83. The van der Waals surface area contributed by atoms with Crippen molar-refractivity contribution < 1.29 is 9.47 Å². The highest BCUT2D eigenvalue weighted by Gasteiger charge is 2.13. The van der Waals surface area contributed by atoms with Crippen molar-refractivity contribution in [1.29, 1.82) is 0 Å². The summed E-state index contributed by atoms with van der Waals surface area (Å²) in [6, 6.07) is 7.51. The maximum Gasteiger partial charge on any atom is 0.231 e. The van der Waals surface area contributed by atoms with Crippen molar-refractivity contribution in [3.8, 4) is 11.5 Å². The Hall–Kier alpha value is -2.34. The van der Waals surface area contributed by atoms with Crippen LogP contribution in [0, 0.1) is 0 Å². The van der Waals surface area contributed by atoms with Crippen molar-refractivity contribution >= 4 is 11.5 Å². The molecule has 0 atom stereocenters. The molecule has 3 rings (SSSR count). The third-order valence-electron chi connectivity index (χ3n) is 2.69. The molecule has 0 aliphatic carbocycles. The van der Waals surface area contributed by atoms with Crippen LogP contribution in [-0.4, -0.2) is 23.8 Å². The molecule has 6 nitrogen and oxygen atoms in total. The minimum absolute atomic E-state index is 0.276. The van der Waals surface area contributed by atoms with Crippen LogP contribution in [0.1, 0.15) is 5.82 Å². The van der Waals surface area contributed by atoms with E-state index in [1.54, 1.807) is 6.20 Å². The number of rotatable bonds is 4. The third-order valence-corrected chi connectivity index (χ3v) is 2.69. The van der Waals surface area contributed by atoms with Gasteiger partial charge in [0.2, 0.25) is 6.79 Å². The Balaban J connectivity index is 1.79. The second kappa shape index (κ2) is 5.11. The minimum atomic E-state index is 0.276. The second-order valence-electron chi connectivity index (χ2n) is 4.08. The summed E-state index contributed by atoms with van der Waals surface area (Å²) in [6.45, 7) is 0.912. The number of hydrogen-bond donors (Lipinski definition) is 2. The molecule has 0 saturated heterocycles. The van der Waals surface area contributed by atoms with Gasteiger partial charge in [-0.25, -0.2) is 9.97 Å². The van der Waals surface area contributed by atoms with Crippen molar-refractivity contribution in [2.75, 3.05) is 19.2 Å². The first-order valence-electron chi connectivity index (χ1n) is 5.98. The number of benzene rings is 1. The van der Waals surface area contributed by atoms with E-state index in [1.807, 2.05) is 31.3 Å². The molecule has 1 aliphatic heterocycles. The zero-order valence-electron chi connectivity index (χ0n) is 10.5. The molecule has 0 bridgehead atoms. The molecular weight excluding hydrogens is 244 g/mol. The Morgan fingerprint density at radius 2 is 2.11 bits per heavy atom. The molecule has 0 saturated carbocycles. The average molecular weight is 258 g/mol.